The SMILES string of the molecule is CNCCN(C)C(=O)C(Oc1ccc(F)c(F)c1)c1ccccc1.Cl. The highest BCUT2D eigenvalue weighted by molar-refractivity contribution is 5.85. The first-order chi connectivity index (χ1) is 11.5. The standard InChI is InChI=1S/C18H20F2N2O2.ClH/c1-21-10-11-22(2)18(23)17(13-6-4-3-5-7-13)24-14-8-9-15(19)16(20)12-14;/h3-9,12,17,21H,10-11H2,1-2H3;1H. The first kappa shape index (κ1) is 20.9. The quantitative estimate of drug-likeness (QED) is 0.814. The molecular weight excluding hydrogens is 350 g/mol. The lowest BCUT2D eigenvalue weighted by molar-refractivity contribution is -0.137. The summed E-state index contributed by atoms with van der Waals surface area (Å²) in [4.78, 5) is 14.2. The number of ether oxygens (including phenoxy) is 1. The third-order valence-corrected chi connectivity index (χ3v) is 3.55. The molecule has 1 N–H and O–H groups in total. The van der Waals surface area contributed by atoms with Gasteiger partial charge in [-0.15, -0.1) is 12.4 Å². The van der Waals surface area contributed by atoms with E-state index in [2.05, 4.69) is 5.32 Å². The van der Waals surface area contributed by atoms with Crippen molar-refractivity contribution in [1.82, 2.24) is 10.2 Å². The van der Waals surface area contributed by atoms with Crippen molar-refractivity contribution in [2.45, 2.75) is 6.10 Å². The molecule has 4 nitrogen and oxygen atoms in total. The van der Waals surface area contributed by atoms with Gasteiger partial charge in [-0.2, -0.15) is 0 Å². The summed E-state index contributed by atoms with van der Waals surface area (Å²) in [5.74, 6) is -2.15. The zero-order valence-electron chi connectivity index (χ0n) is 14.0. The van der Waals surface area contributed by atoms with Crippen LogP contribution in [0.5, 0.6) is 5.75 Å². The second-order valence-corrected chi connectivity index (χ2v) is 5.35. The number of benzene rings is 2. The minimum Gasteiger partial charge on any atom is -0.476 e. The third kappa shape index (κ3) is 5.69. The highest BCUT2D eigenvalue weighted by Gasteiger charge is 2.26. The topological polar surface area (TPSA) is 41.6 Å². The molecule has 25 heavy (non-hydrogen) atoms. The molecule has 0 heterocycles. The molecule has 7 heteroatoms. The van der Waals surface area contributed by atoms with Crippen molar-refractivity contribution in [3.8, 4) is 5.75 Å². The molecule has 2 aromatic carbocycles. The number of amides is 1. The molecule has 0 saturated heterocycles. The van der Waals surface area contributed by atoms with E-state index in [4.69, 9.17) is 4.74 Å². The van der Waals surface area contributed by atoms with E-state index in [1.807, 2.05) is 6.07 Å². The van der Waals surface area contributed by atoms with Crippen LogP contribution in [0.25, 0.3) is 0 Å². The van der Waals surface area contributed by atoms with Gasteiger partial charge in [-0.25, -0.2) is 8.78 Å². The molecule has 1 amide bonds. The molecule has 0 aliphatic rings. The van der Waals surface area contributed by atoms with Gasteiger partial charge in [0.2, 0.25) is 6.10 Å². The Kier molecular flexibility index (Phi) is 8.31. The normalized spacial score (nSPS) is 11.4. The Hall–Kier alpha value is -2.18. The van der Waals surface area contributed by atoms with Gasteiger partial charge in [0.1, 0.15) is 5.75 Å². The van der Waals surface area contributed by atoms with E-state index in [1.165, 1.54) is 11.0 Å². The maximum absolute atomic E-state index is 13.4. The predicted molar refractivity (Wildman–Crippen MR) is 95.0 cm³/mol. The fourth-order valence-corrected chi connectivity index (χ4v) is 2.16. The number of carbonyl (C=O) groups excluding carboxylic acids is 1. The molecule has 0 bridgehead atoms. The highest BCUT2D eigenvalue weighted by atomic mass is 35.5. The van der Waals surface area contributed by atoms with Gasteiger partial charge in [0.15, 0.2) is 11.6 Å². The molecule has 0 aliphatic heterocycles. The van der Waals surface area contributed by atoms with Gasteiger partial charge in [-0.1, -0.05) is 30.3 Å². The fraction of sp³-hybridized carbons (Fsp3) is 0.278. The highest BCUT2D eigenvalue weighted by Crippen LogP contribution is 2.25. The van der Waals surface area contributed by atoms with Gasteiger partial charge < -0.3 is 15.0 Å². The van der Waals surface area contributed by atoms with Crippen LogP contribution in [0, 0.1) is 11.6 Å². The van der Waals surface area contributed by atoms with Gasteiger partial charge in [-0.3, -0.25) is 4.79 Å². The Bertz CT molecular complexity index is 686. The third-order valence-electron chi connectivity index (χ3n) is 3.55. The zero-order chi connectivity index (χ0) is 17.5. The maximum Gasteiger partial charge on any atom is 0.268 e. The lowest BCUT2D eigenvalue weighted by Gasteiger charge is -2.25. The van der Waals surface area contributed by atoms with Gasteiger partial charge in [0.05, 0.1) is 0 Å². The molecule has 1 atom stereocenters. The second kappa shape index (κ2) is 9.96. The van der Waals surface area contributed by atoms with Gasteiger partial charge in [0.25, 0.3) is 5.91 Å². The van der Waals surface area contributed by atoms with Gasteiger partial charge >= 0.3 is 0 Å². The number of hydrogen-bond acceptors (Lipinski definition) is 3. The maximum atomic E-state index is 13.4. The number of likely N-dealkylation sites (N-methyl/N-ethyl adjacent to an activating group) is 2. The summed E-state index contributed by atoms with van der Waals surface area (Å²) in [6.45, 7) is 1.13. The summed E-state index contributed by atoms with van der Waals surface area (Å²) < 4.78 is 32.2. The predicted octanol–water partition coefficient (Wildman–Crippen LogP) is 3.18. The van der Waals surface area contributed by atoms with Crippen LogP contribution in [-0.4, -0.2) is 38.0 Å². The van der Waals surface area contributed by atoms with Crippen LogP contribution in [0.1, 0.15) is 11.7 Å². The number of halogens is 3. The number of nitrogens with zero attached hydrogens (tertiary/aromatic N) is 1. The van der Waals surface area contributed by atoms with Crippen LogP contribution in [0.15, 0.2) is 48.5 Å². The Morgan fingerprint density at radius 1 is 1.16 bits per heavy atom. The smallest absolute Gasteiger partial charge is 0.268 e. The van der Waals surface area contributed by atoms with Crippen LogP contribution in [0.3, 0.4) is 0 Å². The molecule has 2 aromatic rings. The number of hydrogen-bond donors (Lipinski definition) is 1. The summed E-state index contributed by atoms with van der Waals surface area (Å²) in [6.07, 6.45) is -0.932. The number of carbonyl (C=O) groups is 1. The molecule has 1 unspecified atom stereocenters. The van der Waals surface area contributed by atoms with Gasteiger partial charge in [0, 0.05) is 31.8 Å². The van der Waals surface area contributed by atoms with Crippen LogP contribution in [0.2, 0.25) is 0 Å². The van der Waals surface area contributed by atoms with E-state index in [0.717, 1.165) is 12.1 Å². The Labute approximate surface area is 152 Å². The molecule has 0 aromatic heterocycles. The second-order valence-electron chi connectivity index (χ2n) is 5.35. The van der Waals surface area contributed by atoms with E-state index in [1.54, 1.807) is 38.4 Å². The largest absolute Gasteiger partial charge is 0.476 e. The minimum absolute atomic E-state index is 0. The van der Waals surface area contributed by atoms with Crippen LogP contribution >= 0.6 is 12.4 Å². The van der Waals surface area contributed by atoms with Crippen LogP contribution in [-0.2, 0) is 4.79 Å². The fourth-order valence-electron chi connectivity index (χ4n) is 2.16. The molecule has 0 radical (unpaired) electrons. The van der Waals surface area contributed by atoms with Crippen molar-refractivity contribution in [2.75, 3.05) is 27.2 Å². The average Bonchev–Trinajstić information content (AvgIpc) is 2.60. The average molecular weight is 371 g/mol. The van der Waals surface area contributed by atoms with Crippen molar-refractivity contribution < 1.29 is 18.3 Å². The van der Waals surface area contributed by atoms with E-state index in [0.29, 0.717) is 18.7 Å². The molecule has 0 spiro atoms. The molecular formula is C18H21ClF2N2O2. The van der Waals surface area contributed by atoms with E-state index in [-0.39, 0.29) is 24.1 Å². The summed E-state index contributed by atoms with van der Waals surface area (Å²) in [6, 6.07) is 12.1. The summed E-state index contributed by atoms with van der Waals surface area (Å²) >= 11 is 0. The summed E-state index contributed by atoms with van der Waals surface area (Å²) in [5, 5.41) is 2.97. The molecule has 0 fully saturated rings. The Balaban J connectivity index is 0.00000312. The van der Waals surface area contributed by atoms with E-state index < -0.39 is 17.7 Å². The summed E-state index contributed by atoms with van der Waals surface area (Å²) in [5.41, 5.74) is 0.642. The molecule has 0 saturated carbocycles. The van der Waals surface area contributed by atoms with Crippen molar-refractivity contribution in [1.29, 1.82) is 0 Å². The number of nitrogens with one attached hydrogen (secondary N) is 1. The van der Waals surface area contributed by atoms with Crippen molar-refractivity contribution in [3.05, 3.63) is 65.7 Å². The lowest BCUT2D eigenvalue weighted by atomic mass is 10.1. The zero-order valence-corrected chi connectivity index (χ0v) is 14.9. The van der Waals surface area contributed by atoms with Crippen molar-refractivity contribution >= 4 is 18.3 Å². The summed E-state index contributed by atoms with van der Waals surface area (Å²) in [7, 11) is 3.47. The van der Waals surface area contributed by atoms with Crippen LogP contribution in [0.4, 0.5) is 8.78 Å². The Morgan fingerprint density at radius 2 is 1.84 bits per heavy atom. The number of rotatable bonds is 7. The molecule has 0 aliphatic carbocycles. The molecule has 2 rings (SSSR count). The first-order valence-electron chi connectivity index (χ1n) is 7.59. The first-order valence-corrected chi connectivity index (χ1v) is 7.59. The van der Waals surface area contributed by atoms with E-state index >= 15 is 0 Å². The Morgan fingerprint density at radius 3 is 2.44 bits per heavy atom. The van der Waals surface area contributed by atoms with Crippen molar-refractivity contribution in [3.63, 3.8) is 0 Å². The lowest BCUT2D eigenvalue weighted by Crippen LogP contribution is -2.38. The van der Waals surface area contributed by atoms with Gasteiger partial charge in [-0.05, 0) is 19.2 Å². The molecule has 136 valence electrons. The van der Waals surface area contributed by atoms with Crippen molar-refractivity contribution in [2.24, 2.45) is 0 Å². The van der Waals surface area contributed by atoms with E-state index in [9.17, 15) is 13.6 Å². The monoisotopic (exact) mass is 370 g/mol. The minimum atomic E-state index is -1.02. The van der Waals surface area contributed by atoms with Crippen LogP contribution < -0.4 is 10.1 Å².